The van der Waals surface area contributed by atoms with E-state index in [0.717, 1.165) is 77.3 Å². The van der Waals surface area contributed by atoms with Gasteiger partial charge in [-0.1, -0.05) is 78.9 Å². The van der Waals surface area contributed by atoms with E-state index in [2.05, 4.69) is 83.8 Å². The number of nitriles is 1. The molecule has 0 fully saturated rings. The van der Waals surface area contributed by atoms with Gasteiger partial charge in [-0.05, 0) is 64.7 Å². The minimum absolute atomic E-state index is 0.668. The fourth-order valence-electron chi connectivity index (χ4n) is 5.77. The van der Waals surface area contributed by atoms with Crippen molar-refractivity contribution in [3.05, 3.63) is 133 Å². The van der Waals surface area contributed by atoms with Gasteiger partial charge in [0.05, 0.1) is 28.4 Å². The molecule has 0 saturated carbocycles. The van der Waals surface area contributed by atoms with Crippen LogP contribution in [0.25, 0.3) is 77.3 Å². The van der Waals surface area contributed by atoms with Crippen molar-refractivity contribution in [2.75, 3.05) is 0 Å². The summed E-state index contributed by atoms with van der Waals surface area (Å²) in [6, 6.07) is 43.2. The highest BCUT2D eigenvalue weighted by molar-refractivity contribution is 6.13. The van der Waals surface area contributed by atoms with Crippen LogP contribution in [-0.4, -0.2) is 9.97 Å². The molecule has 0 bridgehead atoms. The maximum atomic E-state index is 9.54. The van der Waals surface area contributed by atoms with Gasteiger partial charge in [0.2, 0.25) is 0 Å². The van der Waals surface area contributed by atoms with E-state index < -0.39 is 0 Å². The van der Waals surface area contributed by atoms with Crippen molar-refractivity contribution < 1.29 is 4.42 Å². The minimum Gasteiger partial charge on any atom is -0.456 e. The highest BCUT2D eigenvalue weighted by atomic mass is 16.3. The normalized spacial score (nSPS) is 11.4. The van der Waals surface area contributed by atoms with Gasteiger partial charge in [-0.3, -0.25) is 4.98 Å². The second kappa shape index (κ2) is 9.15. The topological polar surface area (TPSA) is 62.7 Å². The molecule has 0 aliphatic heterocycles. The van der Waals surface area contributed by atoms with Gasteiger partial charge >= 0.3 is 0 Å². The summed E-state index contributed by atoms with van der Waals surface area (Å²) in [7, 11) is 0. The van der Waals surface area contributed by atoms with Gasteiger partial charge in [-0.2, -0.15) is 5.26 Å². The molecule has 190 valence electrons. The van der Waals surface area contributed by atoms with E-state index in [1.807, 2.05) is 54.7 Å². The maximum Gasteiger partial charge on any atom is 0.136 e. The second-order valence-electron chi connectivity index (χ2n) is 10.1. The molecule has 3 aromatic heterocycles. The number of nitrogens with zero attached hydrogens (tertiary/aromatic N) is 3. The number of hydrogen-bond donors (Lipinski definition) is 0. The van der Waals surface area contributed by atoms with Crippen LogP contribution in [-0.2, 0) is 0 Å². The van der Waals surface area contributed by atoms with Gasteiger partial charge in [0, 0.05) is 33.3 Å². The van der Waals surface area contributed by atoms with E-state index >= 15 is 0 Å². The first-order valence-electron chi connectivity index (χ1n) is 13.5. The molecule has 0 unspecified atom stereocenters. The number of furan rings is 1. The number of aromatic nitrogens is 2. The van der Waals surface area contributed by atoms with Crippen LogP contribution in [0.2, 0.25) is 0 Å². The van der Waals surface area contributed by atoms with Crippen LogP contribution in [0.5, 0.6) is 0 Å². The molecule has 0 amide bonds. The number of rotatable bonds is 3. The molecule has 8 aromatic rings. The van der Waals surface area contributed by atoms with Gasteiger partial charge in [0.25, 0.3) is 0 Å². The Balaban J connectivity index is 1.27. The smallest absolute Gasteiger partial charge is 0.136 e. The molecule has 0 saturated heterocycles. The van der Waals surface area contributed by atoms with Gasteiger partial charge < -0.3 is 4.42 Å². The molecule has 8 rings (SSSR count). The molecule has 0 aliphatic rings. The van der Waals surface area contributed by atoms with Crippen molar-refractivity contribution in [1.29, 1.82) is 5.26 Å². The highest BCUT2D eigenvalue weighted by Crippen LogP contribution is 2.39. The molecular weight excluding hydrogens is 502 g/mol. The third-order valence-corrected chi connectivity index (χ3v) is 7.78. The molecule has 4 nitrogen and oxygen atoms in total. The molecule has 41 heavy (non-hydrogen) atoms. The van der Waals surface area contributed by atoms with Gasteiger partial charge in [0.1, 0.15) is 11.2 Å². The molecule has 0 radical (unpaired) electrons. The number of hydrogen-bond acceptors (Lipinski definition) is 4. The Morgan fingerprint density at radius 2 is 1.32 bits per heavy atom. The lowest BCUT2D eigenvalue weighted by Crippen LogP contribution is -1.88. The number of fused-ring (bicyclic) bond motifs is 6. The van der Waals surface area contributed by atoms with E-state index in [-0.39, 0.29) is 0 Å². The van der Waals surface area contributed by atoms with E-state index in [1.54, 1.807) is 0 Å². The first-order chi connectivity index (χ1) is 20.3. The molecule has 0 spiro atoms. The summed E-state index contributed by atoms with van der Waals surface area (Å²) in [5.41, 5.74) is 10.2. The Morgan fingerprint density at radius 3 is 2.17 bits per heavy atom. The van der Waals surface area contributed by atoms with Crippen molar-refractivity contribution in [1.82, 2.24) is 9.97 Å². The van der Waals surface area contributed by atoms with Gasteiger partial charge in [-0.25, -0.2) is 4.98 Å². The second-order valence-corrected chi connectivity index (χ2v) is 10.1. The van der Waals surface area contributed by atoms with Crippen molar-refractivity contribution >= 4 is 43.7 Å². The van der Waals surface area contributed by atoms with Crippen molar-refractivity contribution in [3.8, 4) is 39.6 Å². The van der Waals surface area contributed by atoms with Crippen LogP contribution in [0.4, 0.5) is 0 Å². The van der Waals surface area contributed by atoms with Gasteiger partial charge in [-0.15, -0.1) is 0 Å². The lowest BCUT2D eigenvalue weighted by atomic mass is 9.95. The summed E-state index contributed by atoms with van der Waals surface area (Å²) in [6.07, 6.45) is 1.82. The fourth-order valence-corrected chi connectivity index (χ4v) is 5.77. The largest absolute Gasteiger partial charge is 0.456 e. The Labute approximate surface area is 235 Å². The number of pyridine rings is 2. The van der Waals surface area contributed by atoms with E-state index in [0.29, 0.717) is 5.56 Å². The first kappa shape index (κ1) is 23.1. The van der Waals surface area contributed by atoms with Gasteiger partial charge in [0.15, 0.2) is 0 Å². The standard InChI is InChI=1S/C37H21N3O/c38-22-28-5-1-2-7-29(28)23-10-12-24(13-11-23)30-8-3-9-34-35(30)31-21-27(17-19-33(31)41-34)32-18-16-26-15-14-25-6-4-20-39-36(25)37(26)40-32/h1-21H. The monoisotopic (exact) mass is 523 g/mol. The zero-order chi connectivity index (χ0) is 27.3. The summed E-state index contributed by atoms with van der Waals surface area (Å²) in [5.74, 6) is 0. The molecule has 0 aliphatic carbocycles. The Morgan fingerprint density at radius 1 is 0.585 bits per heavy atom. The van der Waals surface area contributed by atoms with Crippen molar-refractivity contribution in [3.63, 3.8) is 0 Å². The van der Waals surface area contributed by atoms with Crippen molar-refractivity contribution in [2.24, 2.45) is 0 Å². The zero-order valence-corrected chi connectivity index (χ0v) is 21.9. The lowest BCUT2D eigenvalue weighted by Gasteiger charge is -2.08. The molecular formula is C37H21N3O. The Kier molecular flexibility index (Phi) is 5.16. The molecule has 5 aromatic carbocycles. The van der Waals surface area contributed by atoms with Crippen LogP contribution < -0.4 is 0 Å². The van der Waals surface area contributed by atoms with Crippen LogP contribution in [0.3, 0.4) is 0 Å². The van der Waals surface area contributed by atoms with Crippen LogP contribution in [0.1, 0.15) is 5.56 Å². The average Bonchev–Trinajstić information content (AvgIpc) is 3.43. The third kappa shape index (κ3) is 3.76. The Hall–Kier alpha value is -5.79. The SMILES string of the molecule is N#Cc1ccccc1-c1ccc(-c2cccc3oc4ccc(-c5ccc6ccc7cccnc7c6n5)cc4c23)cc1. The fraction of sp³-hybridized carbons (Fsp3) is 0. The lowest BCUT2D eigenvalue weighted by molar-refractivity contribution is 0.669. The first-order valence-corrected chi connectivity index (χ1v) is 13.5. The summed E-state index contributed by atoms with van der Waals surface area (Å²) in [6.45, 7) is 0. The van der Waals surface area contributed by atoms with E-state index in [1.165, 1.54) is 0 Å². The van der Waals surface area contributed by atoms with Crippen LogP contribution in [0, 0.1) is 11.3 Å². The average molecular weight is 524 g/mol. The predicted molar refractivity (Wildman–Crippen MR) is 165 cm³/mol. The zero-order valence-electron chi connectivity index (χ0n) is 21.9. The highest BCUT2D eigenvalue weighted by Gasteiger charge is 2.15. The van der Waals surface area contributed by atoms with Crippen LogP contribution >= 0.6 is 0 Å². The van der Waals surface area contributed by atoms with E-state index in [4.69, 9.17) is 9.40 Å². The van der Waals surface area contributed by atoms with E-state index in [9.17, 15) is 5.26 Å². The predicted octanol–water partition coefficient (Wildman–Crippen LogP) is 9.56. The van der Waals surface area contributed by atoms with Crippen LogP contribution in [0.15, 0.2) is 132 Å². The molecule has 0 atom stereocenters. The number of benzene rings is 5. The summed E-state index contributed by atoms with van der Waals surface area (Å²) in [5, 5.41) is 13.8. The molecule has 4 heteroatoms. The third-order valence-electron chi connectivity index (χ3n) is 7.78. The maximum absolute atomic E-state index is 9.54. The summed E-state index contributed by atoms with van der Waals surface area (Å²) in [4.78, 5) is 9.68. The van der Waals surface area contributed by atoms with Crippen molar-refractivity contribution in [2.45, 2.75) is 0 Å². The summed E-state index contributed by atoms with van der Waals surface area (Å²) >= 11 is 0. The quantitative estimate of drug-likeness (QED) is 0.216. The molecule has 0 N–H and O–H groups in total. The Bertz CT molecular complexity index is 2330. The molecule has 3 heterocycles. The minimum atomic E-state index is 0.668. The summed E-state index contributed by atoms with van der Waals surface area (Å²) < 4.78 is 6.29.